The molecule has 0 aromatic heterocycles. The van der Waals surface area contributed by atoms with Gasteiger partial charge in [0, 0.05) is 11.0 Å². The van der Waals surface area contributed by atoms with E-state index in [1.807, 2.05) is 0 Å². The Labute approximate surface area is 126 Å². The molecule has 0 radical (unpaired) electrons. The zero-order valence-corrected chi connectivity index (χ0v) is 12.1. The van der Waals surface area contributed by atoms with E-state index in [2.05, 4.69) is 31.9 Å². The van der Waals surface area contributed by atoms with Gasteiger partial charge in [0.15, 0.2) is 0 Å². The maximum Gasteiger partial charge on any atom is 0.418 e. The highest BCUT2D eigenvalue weighted by atomic mass is 79.9. The zero-order valence-electron chi connectivity index (χ0n) is 10.6. The topological polar surface area (TPSA) is 70.2 Å². The number of carbonyl (C=O) groups excluding carboxylic acids is 2. The number of benzene rings is 1. The molecule has 5 nitrogen and oxygen atoms in total. The molecule has 1 aliphatic heterocycles. The molecule has 3 N–H and O–H groups in total. The first-order valence-corrected chi connectivity index (χ1v) is 6.74. The largest absolute Gasteiger partial charge is 0.418 e. The van der Waals surface area contributed by atoms with Crippen molar-refractivity contribution in [2.75, 3.05) is 18.4 Å². The molecule has 1 aromatic rings. The average molecular weight is 366 g/mol. The van der Waals surface area contributed by atoms with Crippen LogP contribution in [0.25, 0.3) is 0 Å². The number of halogens is 4. The van der Waals surface area contributed by atoms with Gasteiger partial charge >= 0.3 is 6.18 Å². The molecule has 2 amide bonds. The van der Waals surface area contributed by atoms with Gasteiger partial charge in [-0.25, -0.2) is 0 Å². The van der Waals surface area contributed by atoms with Gasteiger partial charge in [-0.15, -0.1) is 0 Å². The highest BCUT2D eigenvalue weighted by molar-refractivity contribution is 9.10. The lowest BCUT2D eigenvalue weighted by Gasteiger charge is -2.24. The van der Waals surface area contributed by atoms with Crippen LogP contribution in [0.4, 0.5) is 18.9 Å². The molecule has 1 unspecified atom stereocenters. The predicted octanol–water partition coefficient (Wildman–Crippen LogP) is 1.49. The Kier molecular flexibility index (Phi) is 4.52. The van der Waals surface area contributed by atoms with E-state index in [0.717, 1.165) is 6.07 Å². The van der Waals surface area contributed by atoms with Crippen LogP contribution in [0.1, 0.15) is 5.56 Å². The van der Waals surface area contributed by atoms with Crippen molar-refractivity contribution in [1.29, 1.82) is 0 Å². The smallest absolute Gasteiger partial charge is 0.353 e. The van der Waals surface area contributed by atoms with Crippen molar-refractivity contribution in [2.45, 2.75) is 12.2 Å². The van der Waals surface area contributed by atoms with E-state index in [9.17, 15) is 22.8 Å². The standard InChI is InChI=1S/C12H11BrF3N3O2/c13-6-1-2-8(7(3-6)12(14,15)16)19-11(21)9-4-18-10(20)5-17-9/h1-3,9,17H,4-5H2,(H,18,20)(H,19,21). The number of carbonyl (C=O) groups is 2. The highest BCUT2D eigenvalue weighted by Gasteiger charge is 2.35. The first kappa shape index (κ1) is 15.8. The molecule has 0 saturated carbocycles. The summed E-state index contributed by atoms with van der Waals surface area (Å²) in [4.78, 5) is 22.9. The minimum absolute atomic E-state index is 0.0303. The SMILES string of the molecule is O=C1CNC(C(=O)Nc2ccc(Br)cc2C(F)(F)F)CN1. The molecule has 1 saturated heterocycles. The van der Waals surface area contributed by atoms with Crippen LogP contribution in [0.15, 0.2) is 22.7 Å². The Morgan fingerprint density at radius 2 is 2.10 bits per heavy atom. The quantitative estimate of drug-likeness (QED) is 0.743. The monoisotopic (exact) mass is 365 g/mol. The van der Waals surface area contributed by atoms with Crippen LogP contribution in [0.5, 0.6) is 0 Å². The maximum atomic E-state index is 12.9. The summed E-state index contributed by atoms with van der Waals surface area (Å²) in [6.45, 7) is -0.0207. The third-order valence-electron chi connectivity index (χ3n) is 2.87. The van der Waals surface area contributed by atoms with Gasteiger partial charge in [-0.05, 0) is 18.2 Å². The molecule has 2 rings (SSSR count). The molecule has 1 heterocycles. The summed E-state index contributed by atoms with van der Waals surface area (Å²) in [5.74, 6) is -0.901. The number of nitrogens with one attached hydrogen (secondary N) is 3. The van der Waals surface area contributed by atoms with Crippen LogP contribution in [0, 0.1) is 0 Å². The number of rotatable bonds is 2. The molecule has 21 heavy (non-hydrogen) atoms. The van der Waals surface area contributed by atoms with Gasteiger partial charge in [-0.1, -0.05) is 15.9 Å². The summed E-state index contributed by atoms with van der Waals surface area (Å²) in [6, 6.07) is 2.70. The number of amides is 2. The molecule has 0 bridgehead atoms. The molecule has 1 fully saturated rings. The molecule has 0 spiro atoms. The molecule has 114 valence electrons. The fourth-order valence-corrected chi connectivity index (χ4v) is 2.19. The number of anilines is 1. The Morgan fingerprint density at radius 3 is 2.67 bits per heavy atom. The van der Waals surface area contributed by atoms with Gasteiger partial charge in [-0.3, -0.25) is 14.9 Å². The molecule has 1 aliphatic rings. The Hall–Kier alpha value is -1.61. The first-order chi connectivity index (χ1) is 9.77. The predicted molar refractivity (Wildman–Crippen MR) is 72.6 cm³/mol. The van der Waals surface area contributed by atoms with Crippen molar-refractivity contribution >= 4 is 33.4 Å². The average Bonchev–Trinajstić information content (AvgIpc) is 2.40. The molecular formula is C12H11BrF3N3O2. The highest BCUT2D eigenvalue weighted by Crippen LogP contribution is 2.36. The van der Waals surface area contributed by atoms with Crippen LogP contribution in [0.3, 0.4) is 0 Å². The van der Waals surface area contributed by atoms with Crippen molar-refractivity contribution in [3.8, 4) is 0 Å². The minimum Gasteiger partial charge on any atom is -0.353 e. The third-order valence-corrected chi connectivity index (χ3v) is 3.37. The van der Waals surface area contributed by atoms with E-state index < -0.39 is 23.7 Å². The molecule has 1 aromatic carbocycles. The minimum atomic E-state index is -4.58. The lowest BCUT2D eigenvalue weighted by Crippen LogP contribution is -2.56. The van der Waals surface area contributed by atoms with Gasteiger partial charge in [-0.2, -0.15) is 13.2 Å². The van der Waals surface area contributed by atoms with Crippen LogP contribution in [-0.2, 0) is 15.8 Å². The Bertz CT molecular complexity index is 567. The first-order valence-electron chi connectivity index (χ1n) is 5.95. The van der Waals surface area contributed by atoms with Crippen molar-refractivity contribution in [2.24, 2.45) is 0 Å². The van der Waals surface area contributed by atoms with Crippen LogP contribution in [-0.4, -0.2) is 30.9 Å². The van der Waals surface area contributed by atoms with E-state index in [0.29, 0.717) is 0 Å². The van der Waals surface area contributed by atoms with Crippen molar-refractivity contribution in [3.05, 3.63) is 28.2 Å². The second kappa shape index (κ2) is 6.02. The van der Waals surface area contributed by atoms with E-state index in [4.69, 9.17) is 0 Å². The number of hydrogen-bond acceptors (Lipinski definition) is 3. The van der Waals surface area contributed by atoms with Crippen LogP contribution >= 0.6 is 15.9 Å². The molecule has 0 aliphatic carbocycles. The number of hydrogen-bond donors (Lipinski definition) is 3. The summed E-state index contributed by atoms with van der Waals surface area (Å²) >= 11 is 2.97. The Morgan fingerprint density at radius 1 is 1.38 bits per heavy atom. The lowest BCUT2D eigenvalue weighted by molar-refractivity contribution is -0.137. The second-order valence-corrected chi connectivity index (χ2v) is 5.33. The second-order valence-electron chi connectivity index (χ2n) is 4.41. The van der Waals surface area contributed by atoms with Crippen molar-refractivity contribution < 1.29 is 22.8 Å². The summed E-state index contributed by atoms with van der Waals surface area (Å²) < 4.78 is 39.0. The van der Waals surface area contributed by atoms with Gasteiger partial charge in [0.05, 0.1) is 17.8 Å². The van der Waals surface area contributed by atoms with Crippen molar-refractivity contribution in [3.63, 3.8) is 0 Å². The van der Waals surface area contributed by atoms with Crippen LogP contribution in [0.2, 0.25) is 0 Å². The van der Waals surface area contributed by atoms with Crippen molar-refractivity contribution in [1.82, 2.24) is 10.6 Å². The molecule has 1 atom stereocenters. The van der Waals surface area contributed by atoms with E-state index in [1.165, 1.54) is 12.1 Å². The summed E-state index contributed by atoms with van der Waals surface area (Å²) in [5, 5.41) is 7.34. The van der Waals surface area contributed by atoms with E-state index in [-0.39, 0.29) is 29.2 Å². The lowest BCUT2D eigenvalue weighted by atomic mass is 10.1. The van der Waals surface area contributed by atoms with Gasteiger partial charge < -0.3 is 10.6 Å². The molecular weight excluding hydrogens is 355 g/mol. The molecule has 9 heteroatoms. The van der Waals surface area contributed by atoms with E-state index in [1.54, 1.807) is 0 Å². The van der Waals surface area contributed by atoms with Gasteiger partial charge in [0.2, 0.25) is 11.8 Å². The maximum absolute atomic E-state index is 12.9. The number of alkyl halides is 3. The zero-order chi connectivity index (χ0) is 15.6. The fraction of sp³-hybridized carbons (Fsp3) is 0.333. The normalized spacial score (nSPS) is 19.0. The third kappa shape index (κ3) is 3.94. The summed E-state index contributed by atoms with van der Waals surface area (Å²) in [5.41, 5.74) is -1.26. The van der Waals surface area contributed by atoms with Crippen LogP contribution < -0.4 is 16.0 Å². The summed E-state index contributed by atoms with van der Waals surface area (Å²) in [7, 11) is 0. The van der Waals surface area contributed by atoms with E-state index >= 15 is 0 Å². The van der Waals surface area contributed by atoms with Gasteiger partial charge in [0.1, 0.15) is 6.04 Å². The fourth-order valence-electron chi connectivity index (χ4n) is 1.83. The summed E-state index contributed by atoms with van der Waals surface area (Å²) in [6.07, 6.45) is -4.58. The Balaban J connectivity index is 2.16. The number of piperazine rings is 1. The van der Waals surface area contributed by atoms with Gasteiger partial charge in [0.25, 0.3) is 0 Å².